The fourth-order valence-electron chi connectivity index (χ4n) is 4.13. The molecule has 4 rings (SSSR count). The van der Waals surface area contributed by atoms with Crippen LogP contribution in [-0.2, 0) is 28.1 Å². The SMILES string of the molecule is C[C@@H](Cc1cccs1)N(Cc1ccccc1)C(=O)CN1C(=O)N[C@](C)(c2ccccc2)C1=O. The highest BCUT2D eigenvalue weighted by Crippen LogP contribution is 2.29. The molecule has 1 aliphatic heterocycles. The van der Waals surface area contributed by atoms with Crippen molar-refractivity contribution in [2.24, 2.45) is 0 Å². The first-order valence-electron chi connectivity index (χ1n) is 10.9. The van der Waals surface area contributed by atoms with E-state index < -0.39 is 17.5 Å². The lowest BCUT2D eigenvalue weighted by Gasteiger charge is -2.31. The molecule has 0 saturated carbocycles. The Kier molecular flexibility index (Phi) is 6.60. The van der Waals surface area contributed by atoms with Crippen molar-refractivity contribution in [3.05, 3.63) is 94.2 Å². The zero-order chi connectivity index (χ0) is 23.4. The van der Waals surface area contributed by atoms with E-state index in [2.05, 4.69) is 11.4 Å². The highest BCUT2D eigenvalue weighted by Gasteiger charge is 2.49. The van der Waals surface area contributed by atoms with Crippen LogP contribution in [0, 0.1) is 0 Å². The lowest BCUT2D eigenvalue weighted by atomic mass is 9.92. The first-order chi connectivity index (χ1) is 15.9. The number of nitrogens with zero attached hydrogens (tertiary/aromatic N) is 2. The summed E-state index contributed by atoms with van der Waals surface area (Å²) >= 11 is 1.65. The topological polar surface area (TPSA) is 69.7 Å². The minimum Gasteiger partial charge on any atom is -0.334 e. The zero-order valence-electron chi connectivity index (χ0n) is 18.7. The first kappa shape index (κ1) is 22.7. The van der Waals surface area contributed by atoms with Gasteiger partial charge in [-0.1, -0.05) is 66.7 Å². The molecule has 7 heteroatoms. The summed E-state index contributed by atoms with van der Waals surface area (Å²) in [5.41, 5.74) is 0.492. The maximum atomic E-state index is 13.5. The molecule has 6 nitrogen and oxygen atoms in total. The molecule has 2 aromatic carbocycles. The molecule has 0 unspecified atom stereocenters. The van der Waals surface area contributed by atoms with Gasteiger partial charge in [-0.3, -0.25) is 14.5 Å². The normalized spacial score (nSPS) is 18.8. The summed E-state index contributed by atoms with van der Waals surface area (Å²) in [6, 6.07) is 22.2. The molecule has 4 amide bonds. The Hall–Kier alpha value is -3.45. The minimum atomic E-state index is -1.19. The van der Waals surface area contributed by atoms with Crippen LogP contribution in [0.3, 0.4) is 0 Å². The quantitative estimate of drug-likeness (QED) is 0.512. The Morgan fingerprint density at radius 1 is 1.03 bits per heavy atom. The third-order valence-electron chi connectivity index (χ3n) is 6.04. The maximum Gasteiger partial charge on any atom is 0.325 e. The predicted octanol–water partition coefficient (Wildman–Crippen LogP) is 4.18. The Morgan fingerprint density at radius 3 is 2.33 bits per heavy atom. The second-order valence-corrected chi connectivity index (χ2v) is 9.48. The molecule has 2 heterocycles. The van der Waals surface area contributed by atoms with Gasteiger partial charge < -0.3 is 10.2 Å². The number of hydrogen-bond donors (Lipinski definition) is 1. The third-order valence-corrected chi connectivity index (χ3v) is 6.94. The van der Waals surface area contributed by atoms with Gasteiger partial charge in [0.05, 0.1) is 0 Å². The van der Waals surface area contributed by atoms with Crippen LogP contribution >= 0.6 is 11.3 Å². The van der Waals surface area contributed by atoms with Gasteiger partial charge in [0.15, 0.2) is 0 Å². The summed E-state index contributed by atoms with van der Waals surface area (Å²) in [6.45, 7) is 3.79. The summed E-state index contributed by atoms with van der Waals surface area (Å²) in [6.07, 6.45) is 0.706. The van der Waals surface area contributed by atoms with Crippen molar-refractivity contribution in [3.8, 4) is 0 Å². The zero-order valence-corrected chi connectivity index (χ0v) is 19.5. The van der Waals surface area contributed by atoms with E-state index in [0.717, 1.165) is 10.5 Å². The maximum absolute atomic E-state index is 13.5. The van der Waals surface area contributed by atoms with Crippen molar-refractivity contribution in [2.75, 3.05) is 6.54 Å². The van der Waals surface area contributed by atoms with Crippen LogP contribution in [0.1, 0.15) is 29.9 Å². The highest BCUT2D eigenvalue weighted by molar-refractivity contribution is 7.09. The lowest BCUT2D eigenvalue weighted by Crippen LogP contribution is -2.47. The number of carbonyl (C=O) groups excluding carboxylic acids is 3. The van der Waals surface area contributed by atoms with Crippen molar-refractivity contribution in [1.82, 2.24) is 15.1 Å². The summed E-state index contributed by atoms with van der Waals surface area (Å²) in [5, 5.41) is 4.79. The predicted molar refractivity (Wildman–Crippen MR) is 129 cm³/mol. The van der Waals surface area contributed by atoms with Crippen LogP contribution in [0.25, 0.3) is 0 Å². The van der Waals surface area contributed by atoms with Crippen LogP contribution < -0.4 is 5.32 Å². The van der Waals surface area contributed by atoms with Crippen molar-refractivity contribution in [2.45, 2.75) is 38.4 Å². The molecule has 170 valence electrons. The number of nitrogens with one attached hydrogen (secondary N) is 1. The van der Waals surface area contributed by atoms with E-state index in [0.29, 0.717) is 18.5 Å². The van der Waals surface area contributed by atoms with Gasteiger partial charge in [-0.25, -0.2) is 4.79 Å². The largest absolute Gasteiger partial charge is 0.334 e. The molecular formula is C26H27N3O3S. The van der Waals surface area contributed by atoms with Crippen LogP contribution in [0.2, 0.25) is 0 Å². The number of thiophene rings is 1. The number of urea groups is 1. The number of benzene rings is 2. The molecule has 1 fully saturated rings. The van der Waals surface area contributed by atoms with Crippen molar-refractivity contribution >= 4 is 29.2 Å². The van der Waals surface area contributed by atoms with Gasteiger partial charge >= 0.3 is 6.03 Å². The Balaban J connectivity index is 1.54. The van der Waals surface area contributed by atoms with E-state index in [9.17, 15) is 14.4 Å². The van der Waals surface area contributed by atoms with Crippen LogP contribution in [0.5, 0.6) is 0 Å². The minimum absolute atomic E-state index is 0.0994. The average molecular weight is 462 g/mol. The van der Waals surface area contributed by atoms with Crippen LogP contribution in [0.4, 0.5) is 4.79 Å². The van der Waals surface area contributed by atoms with Gasteiger partial charge in [0.25, 0.3) is 5.91 Å². The number of amides is 4. The van der Waals surface area contributed by atoms with E-state index >= 15 is 0 Å². The second-order valence-electron chi connectivity index (χ2n) is 8.45. The Bertz CT molecular complexity index is 1120. The molecule has 33 heavy (non-hydrogen) atoms. The Labute approximate surface area is 197 Å². The monoisotopic (exact) mass is 461 g/mol. The molecule has 3 aromatic rings. The van der Waals surface area contributed by atoms with Crippen LogP contribution in [0.15, 0.2) is 78.2 Å². The van der Waals surface area contributed by atoms with Gasteiger partial charge in [-0.15, -0.1) is 11.3 Å². The molecule has 1 N–H and O–H groups in total. The molecule has 1 saturated heterocycles. The third kappa shape index (κ3) is 4.83. The molecule has 0 radical (unpaired) electrons. The van der Waals surface area contributed by atoms with Crippen molar-refractivity contribution < 1.29 is 14.4 Å². The number of rotatable bonds is 8. The second kappa shape index (κ2) is 9.58. The fraction of sp³-hybridized carbons (Fsp3) is 0.269. The molecule has 0 aliphatic carbocycles. The standard InChI is InChI=1S/C26H27N3O3S/c1-19(16-22-14-9-15-33-22)28(17-20-10-5-3-6-11-20)23(30)18-29-24(31)26(2,27-25(29)32)21-12-7-4-8-13-21/h3-15,19H,16-18H2,1-2H3,(H,27,32)/t19-,26+/m0/s1. The van der Waals surface area contributed by atoms with Gasteiger partial charge in [-0.2, -0.15) is 0 Å². The molecule has 0 bridgehead atoms. The molecule has 2 atom stereocenters. The summed E-state index contributed by atoms with van der Waals surface area (Å²) in [4.78, 5) is 43.4. The molecule has 1 aliphatic rings. The van der Waals surface area contributed by atoms with Gasteiger partial charge in [0.2, 0.25) is 5.91 Å². The number of carbonyl (C=O) groups is 3. The van der Waals surface area contributed by atoms with Crippen molar-refractivity contribution in [1.29, 1.82) is 0 Å². The Morgan fingerprint density at radius 2 is 1.70 bits per heavy atom. The van der Waals surface area contributed by atoms with Gasteiger partial charge in [0.1, 0.15) is 12.1 Å². The van der Waals surface area contributed by atoms with E-state index in [1.165, 1.54) is 4.88 Å². The fourth-order valence-corrected chi connectivity index (χ4v) is 4.96. The van der Waals surface area contributed by atoms with E-state index in [-0.39, 0.29) is 18.5 Å². The van der Waals surface area contributed by atoms with Gasteiger partial charge in [-0.05, 0) is 36.4 Å². The summed E-state index contributed by atoms with van der Waals surface area (Å²) in [5.74, 6) is -0.679. The summed E-state index contributed by atoms with van der Waals surface area (Å²) in [7, 11) is 0. The molecule has 1 aromatic heterocycles. The average Bonchev–Trinajstić information content (AvgIpc) is 3.41. The lowest BCUT2D eigenvalue weighted by molar-refractivity contribution is -0.140. The molecular weight excluding hydrogens is 434 g/mol. The van der Waals surface area contributed by atoms with E-state index in [1.807, 2.05) is 66.9 Å². The number of hydrogen-bond acceptors (Lipinski definition) is 4. The van der Waals surface area contributed by atoms with E-state index in [1.54, 1.807) is 35.3 Å². The van der Waals surface area contributed by atoms with Crippen LogP contribution in [-0.4, -0.2) is 40.2 Å². The number of imide groups is 1. The molecule has 0 spiro atoms. The van der Waals surface area contributed by atoms with Gasteiger partial charge in [0, 0.05) is 23.9 Å². The smallest absolute Gasteiger partial charge is 0.325 e. The van der Waals surface area contributed by atoms with Crippen molar-refractivity contribution in [3.63, 3.8) is 0 Å². The van der Waals surface area contributed by atoms with E-state index in [4.69, 9.17) is 0 Å². The highest BCUT2D eigenvalue weighted by atomic mass is 32.1. The summed E-state index contributed by atoms with van der Waals surface area (Å²) < 4.78 is 0. The first-order valence-corrected chi connectivity index (χ1v) is 11.8.